The van der Waals surface area contributed by atoms with Gasteiger partial charge in [0.05, 0.1) is 0 Å². The summed E-state index contributed by atoms with van der Waals surface area (Å²) in [5.41, 5.74) is 5.84. The van der Waals surface area contributed by atoms with Crippen LogP contribution in [0.3, 0.4) is 0 Å². The molecule has 0 aliphatic rings. The van der Waals surface area contributed by atoms with Gasteiger partial charge in [-0.2, -0.15) is 0 Å². The predicted molar refractivity (Wildman–Crippen MR) is 66.2 cm³/mol. The van der Waals surface area contributed by atoms with E-state index in [1.54, 1.807) is 7.11 Å². The van der Waals surface area contributed by atoms with Crippen LogP contribution >= 0.6 is 0 Å². The summed E-state index contributed by atoms with van der Waals surface area (Å²) >= 11 is 0. The van der Waals surface area contributed by atoms with Crippen LogP contribution in [0.2, 0.25) is 0 Å². The molecule has 0 aliphatic carbocycles. The van der Waals surface area contributed by atoms with E-state index in [1.807, 2.05) is 13.8 Å². The minimum atomic E-state index is -0.248. The highest BCUT2D eigenvalue weighted by Crippen LogP contribution is 2.09. The van der Waals surface area contributed by atoms with Gasteiger partial charge in [-0.05, 0) is 25.7 Å². The third-order valence-corrected chi connectivity index (χ3v) is 3.05. The Bertz CT molecular complexity index is 191. The third-order valence-electron chi connectivity index (χ3n) is 3.05. The van der Waals surface area contributed by atoms with Crippen LogP contribution in [0.25, 0.3) is 0 Å². The van der Waals surface area contributed by atoms with Crippen LogP contribution < -0.4 is 11.1 Å². The monoisotopic (exact) mass is 230 g/mol. The van der Waals surface area contributed by atoms with Crippen molar-refractivity contribution in [2.75, 3.05) is 20.3 Å². The molecule has 0 aromatic rings. The number of hydrogen-bond acceptors (Lipinski definition) is 3. The molecule has 0 aliphatic heterocycles. The standard InChI is InChI=1S/C12H26N2O2/c1-4-12(13,5-2)10-14-11(15)8-6-7-9-16-3/h4-10,13H2,1-3H3,(H,14,15). The highest BCUT2D eigenvalue weighted by molar-refractivity contribution is 5.75. The second-order valence-corrected chi connectivity index (χ2v) is 4.30. The summed E-state index contributed by atoms with van der Waals surface area (Å²) in [6.45, 7) is 5.39. The van der Waals surface area contributed by atoms with Crippen LogP contribution in [-0.4, -0.2) is 31.7 Å². The summed E-state index contributed by atoms with van der Waals surface area (Å²) in [4.78, 5) is 11.5. The van der Waals surface area contributed by atoms with Gasteiger partial charge in [-0.15, -0.1) is 0 Å². The molecule has 0 saturated carbocycles. The Labute approximate surface area is 98.9 Å². The molecular weight excluding hydrogens is 204 g/mol. The minimum absolute atomic E-state index is 0.0906. The first-order chi connectivity index (χ1) is 7.58. The number of methoxy groups -OCH3 is 1. The summed E-state index contributed by atoms with van der Waals surface area (Å²) in [6, 6.07) is 0. The zero-order valence-corrected chi connectivity index (χ0v) is 10.8. The fourth-order valence-electron chi connectivity index (χ4n) is 1.39. The SMILES string of the molecule is CCC(N)(CC)CNC(=O)CCCCOC. The molecule has 0 unspecified atom stereocenters. The Balaban J connectivity index is 3.64. The normalized spacial score (nSPS) is 11.5. The lowest BCUT2D eigenvalue weighted by molar-refractivity contribution is -0.121. The van der Waals surface area contributed by atoms with Gasteiger partial charge in [-0.25, -0.2) is 0 Å². The number of ether oxygens (including phenoxy) is 1. The molecule has 16 heavy (non-hydrogen) atoms. The second kappa shape index (κ2) is 8.53. The van der Waals surface area contributed by atoms with E-state index >= 15 is 0 Å². The van der Waals surface area contributed by atoms with E-state index in [1.165, 1.54) is 0 Å². The average Bonchev–Trinajstić information content (AvgIpc) is 2.31. The molecule has 0 atom stereocenters. The van der Waals surface area contributed by atoms with E-state index in [4.69, 9.17) is 10.5 Å². The Morgan fingerprint density at radius 3 is 2.44 bits per heavy atom. The maximum absolute atomic E-state index is 11.5. The van der Waals surface area contributed by atoms with Gasteiger partial charge in [0.25, 0.3) is 0 Å². The first-order valence-corrected chi connectivity index (χ1v) is 6.12. The fraction of sp³-hybridized carbons (Fsp3) is 0.917. The molecule has 0 rings (SSSR count). The van der Waals surface area contributed by atoms with E-state index in [2.05, 4.69) is 5.32 Å². The lowest BCUT2D eigenvalue weighted by Crippen LogP contribution is -2.49. The van der Waals surface area contributed by atoms with Crippen molar-refractivity contribution in [1.29, 1.82) is 0 Å². The molecule has 0 saturated heterocycles. The van der Waals surface area contributed by atoms with E-state index in [0.717, 1.165) is 32.3 Å². The van der Waals surface area contributed by atoms with Gasteiger partial charge in [-0.1, -0.05) is 13.8 Å². The van der Waals surface area contributed by atoms with Gasteiger partial charge in [-0.3, -0.25) is 4.79 Å². The van der Waals surface area contributed by atoms with Crippen LogP contribution in [0.15, 0.2) is 0 Å². The molecule has 3 N–H and O–H groups in total. The summed E-state index contributed by atoms with van der Waals surface area (Å²) in [5, 5.41) is 2.90. The van der Waals surface area contributed by atoms with Crippen LogP contribution in [0, 0.1) is 0 Å². The number of carbonyl (C=O) groups is 1. The number of unbranched alkanes of at least 4 members (excludes halogenated alkanes) is 1. The zero-order chi connectivity index (χ0) is 12.4. The quantitative estimate of drug-likeness (QED) is 0.589. The molecule has 4 nitrogen and oxygen atoms in total. The van der Waals surface area contributed by atoms with Gasteiger partial charge in [0, 0.05) is 32.2 Å². The Morgan fingerprint density at radius 1 is 1.31 bits per heavy atom. The summed E-state index contributed by atoms with van der Waals surface area (Å²) in [6.07, 6.45) is 4.13. The number of amides is 1. The molecule has 0 fully saturated rings. The van der Waals surface area contributed by atoms with Crippen molar-refractivity contribution in [2.45, 2.75) is 51.5 Å². The number of carbonyl (C=O) groups excluding carboxylic acids is 1. The molecule has 0 heterocycles. The number of nitrogens with two attached hydrogens (primary N) is 1. The van der Waals surface area contributed by atoms with E-state index < -0.39 is 0 Å². The molecule has 0 aromatic carbocycles. The highest BCUT2D eigenvalue weighted by atomic mass is 16.5. The maximum Gasteiger partial charge on any atom is 0.220 e. The summed E-state index contributed by atoms with van der Waals surface area (Å²) in [5.74, 6) is 0.0906. The van der Waals surface area contributed by atoms with Gasteiger partial charge < -0.3 is 15.8 Å². The van der Waals surface area contributed by atoms with Crippen molar-refractivity contribution in [3.05, 3.63) is 0 Å². The summed E-state index contributed by atoms with van der Waals surface area (Å²) in [7, 11) is 1.67. The zero-order valence-electron chi connectivity index (χ0n) is 10.8. The Hall–Kier alpha value is -0.610. The van der Waals surface area contributed by atoms with Crippen molar-refractivity contribution in [3.63, 3.8) is 0 Å². The number of rotatable bonds is 9. The molecule has 4 heteroatoms. The van der Waals surface area contributed by atoms with Crippen LogP contribution in [-0.2, 0) is 9.53 Å². The smallest absolute Gasteiger partial charge is 0.220 e. The molecule has 0 aromatic heterocycles. The largest absolute Gasteiger partial charge is 0.385 e. The number of hydrogen-bond donors (Lipinski definition) is 2. The average molecular weight is 230 g/mol. The van der Waals surface area contributed by atoms with Gasteiger partial charge in [0.1, 0.15) is 0 Å². The Kier molecular flexibility index (Phi) is 8.21. The molecule has 0 bridgehead atoms. The van der Waals surface area contributed by atoms with Crippen LogP contribution in [0.5, 0.6) is 0 Å². The van der Waals surface area contributed by atoms with Gasteiger partial charge in [0.2, 0.25) is 5.91 Å². The van der Waals surface area contributed by atoms with Gasteiger partial charge >= 0.3 is 0 Å². The first kappa shape index (κ1) is 15.4. The molecule has 0 spiro atoms. The van der Waals surface area contributed by atoms with Crippen molar-refractivity contribution in [2.24, 2.45) is 5.73 Å². The summed E-state index contributed by atoms with van der Waals surface area (Å²) < 4.78 is 4.92. The first-order valence-electron chi connectivity index (χ1n) is 6.12. The molecule has 96 valence electrons. The lowest BCUT2D eigenvalue weighted by Gasteiger charge is -2.26. The topological polar surface area (TPSA) is 64.3 Å². The molecular formula is C12H26N2O2. The van der Waals surface area contributed by atoms with E-state index in [0.29, 0.717) is 13.0 Å². The van der Waals surface area contributed by atoms with Crippen LogP contribution in [0.1, 0.15) is 46.0 Å². The molecule has 0 radical (unpaired) electrons. The predicted octanol–water partition coefficient (Wildman–Crippen LogP) is 1.44. The van der Waals surface area contributed by atoms with Crippen molar-refractivity contribution >= 4 is 5.91 Å². The van der Waals surface area contributed by atoms with E-state index in [9.17, 15) is 4.79 Å². The van der Waals surface area contributed by atoms with Crippen molar-refractivity contribution in [3.8, 4) is 0 Å². The maximum atomic E-state index is 11.5. The minimum Gasteiger partial charge on any atom is -0.385 e. The Morgan fingerprint density at radius 2 is 1.94 bits per heavy atom. The lowest BCUT2D eigenvalue weighted by atomic mass is 9.94. The number of nitrogens with one attached hydrogen (secondary N) is 1. The second-order valence-electron chi connectivity index (χ2n) is 4.30. The van der Waals surface area contributed by atoms with Crippen molar-refractivity contribution < 1.29 is 9.53 Å². The van der Waals surface area contributed by atoms with Gasteiger partial charge in [0.15, 0.2) is 0 Å². The van der Waals surface area contributed by atoms with E-state index in [-0.39, 0.29) is 11.4 Å². The highest BCUT2D eigenvalue weighted by Gasteiger charge is 2.20. The fourth-order valence-corrected chi connectivity index (χ4v) is 1.39. The third kappa shape index (κ3) is 6.80. The van der Waals surface area contributed by atoms with Crippen LogP contribution in [0.4, 0.5) is 0 Å². The van der Waals surface area contributed by atoms with Crippen molar-refractivity contribution in [1.82, 2.24) is 5.32 Å². The molecule has 1 amide bonds.